The molecule has 1 heterocycles. The minimum Gasteiger partial charge on any atom is -0.349 e. The molecule has 1 N–H and O–H groups in total. The van der Waals surface area contributed by atoms with Gasteiger partial charge in [0.05, 0.1) is 12.2 Å². The smallest absolute Gasteiger partial charge is 0.129 e. The number of pyridine rings is 1. The van der Waals surface area contributed by atoms with Gasteiger partial charge in [0.2, 0.25) is 0 Å². The molecular weight excluding hydrogens is 210 g/mol. The highest BCUT2D eigenvalue weighted by atomic mass is 15.2. The van der Waals surface area contributed by atoms with Crippen LogP contribution in [0.15, 0.2) is 18.2 Å². The first kappa shape index (κ1) is 13.5. The van der Waals surface area contributed by atoms with Crippen molar-refractivity contribution in [2.45, 2.75) is 32.9 Å². The summed E-state index contributed by atoms with van der Waals surface area (Å²) in [7, 11) is 1.95. The molecule has 0 aliphatic heterocycles. The monoisotopic (exact) mass is 231 g/mol. The van der Waals surface area contributed by atoms with Gasteiger partial charge in [-0.05, 0) is 32.9 Å². The lowest BCUT2D eigenvalue weighted by Gasteiger charge is -2.21. The van der Waals surface area contributed by atoms with Crippen LogP contribution in [0.1, 0.15) is 26.5 Å². The number of hydrogen-bond acceptors (Lipinski definition) is 3. The summed E-state index contributed by atoms with van der Waals surface area (Å²) in [4.78, 5) is 6.52. The molecule has 0 unspecified atom stereocenters. The third kappa shape index (κ3) is 4.88. The zero-order chi connectivity index (χ0) is 12.9. The van der Waals surface area contributed by atoms with E-state index in [1.807, 2.05) is 30.1 Å². The number of nitrogens with zero attached hydrogens (tertiary/aromatic N) is 2. The van der Waals surface area contributed by atoms with Gasteiger partial charge >= 0.3 is 0 Å². The average molecular weight is 231 g/mol. The van der Waals surface area contributed by atoms with E-state index < -0.39 is 0 Å². The standard InChI is InChI=1S/C14H21N3/c1-6-10-17(5)13-9-7-8-12(16-13)11-15-14(2,3)4/h1,7-9,15H,10-11H2,2-5H3. The van der Waals surface area contributed by atoms with Crippen LogP contribution < -0.4 is 10.2 Å². The average Bonchev–Trinajstić information content (AvgIpc) is 2.26. The molecule has 92 valence electrons. The lowest BCUT2D eigenvalue weighted by Crippen LogP contribution is -2.35. The van der Waals surface area contributed by atoms with Crippen LogP contribution in [-0.4, -0.2) is 24.1 Å². The number of aromatic nitrogens is 1. The van der Waals surface area contributed by atoms with Crippen LogP contribution in [0.5, 0.6) is 0 Å². The van der Waals surface area contributed by atoms with E-state index in [1.165, 1.54) is 0 Å². The Kier molecular flexibility index (Phi) is 4.53. The van der Waals surface area contributed by atoms with Crippen LogP contribution in [0.2, 0.25) is 0 Å². The van der Waals surface area contributed by atoms with E-state index in [2.05, 4.69) is 37.0 Å². The Morgan fingerprint density at radius 3 is 2.71 bits per heavy atom. The first-order valence-corrected chi connectivity index (χ1v) is 5.78. The Hall–Kier alpha value is -1.53. The summed E-state index contributed by atoms with van der Waals surface area (Å²) in [5.41, 5.74) is 1.13. The van der Waals surface area contributed by atoms with Gasteiger partial charge in [-0.1, -0.05) is 12.0 Å². The van der Waals surface area contributed by atoms with Crippen molar-refractivity contribution in [1.82, 2.24) is 10.3 Å². The third-order valence-corrected chi connectivity index (χ3v) is 2.31. The van der Waals surface area contributed by atoms with Crippen molar-refractivity contribution >= 4 is 5.82 Å². The van der Waals surface area contributed by atoms with Gasteiger partial charge in [-0.15, -0.1) is 6.42 Å². The molecule has 0 aromatic carbocycles. The highest BCUT2D eigenvalue weighted by Crippen LogP contribution is 2.10. The predicted molar refractivity (Wildman–Crippen MR) is 72.9 cm³/mol. The fraction of sp³-hybridized carbons (Fsp3) is 0.500. The maximum absolute atomic E-state index is 5.29. The fourth-order valence-corrected chi connectivity index (χ4v) is 1.35. The highest BCUT2D eigenvalue weighted by molar-refractivity contribution is 5.39. The molecular formula is C14H21N3. The second-order valence-electron chi connectivity index (χ2n) is 5.15. The first-order valence-electron chi connectivity index (χ1n) is 5.78. The molecule has 0 radical (unpaired) electrons. The first-order chi connectivity index (χ1) is 7.92. The van der Waals surface area contributed by atoms with Gasteiger partial charge in [0, 0.05) is 19.1 Å². The highest BCUT2D eigenvalue weighted by Gasteiger charge is 2.09. The molecule has 17 heavy (non-hydrogen) atoms. The molecule has 0 fully saturated rings. The van der Waals surface area contributed by atoms with Crippen molar-refractivity contribution in [1.29, 1.82) is 0 Å². The van der Waals surface area contributed by atoms with Gasteiger partial charge in [0.1, 0.15) is 5.82 Å². The van der Waals surface area contributed by atoms with Crippen LogP contribution in [-0.2, 0) is 6.54 Å². The summed E-state index contributed by atoms with van der Waals surface area (Å²) < 4.78 is 0. The molecule has 0 spiro atoms. The molecule has 1 aromatic heterocycles. The van der Waals surface area contributed by atoms with E-state index in [4.69, 9.17) is 6.42 Å². The summed E-state index contributed by atoms with van der Waals surface area (Å²) in [6, 6.07) is 6.00. The van der Waals surface area contributed by atoms with E-state index >= 15 is 0 Å². The van der Waals surface area contributed by atoms with Gasteiger partial charge < -0.3 is 10.2 Å². The van der Waals surface area contributed by atoms with Crippen LogP contribution in [0, 0.1) is 12.3 Å². The number of nitrogens with one attached hydrogen (secondary N) is 1. The molecule has 0 bridgehead atoms. The zero-order valence-corrected chi connectivity index (χ0v) is 11.1. The normalized spacial score (nSPS) is 11.0. The van der Waals surface area contributed by atoms with Crippen molar-refractivity contribution in [2.24, 2.45) is 0 Å². The molecule has 0 atom stereocenters. The Morgan fingerprint density at radius 1 is 1.41 bits per heavy atom. The minimum atomic E-state index is 0.0996. The second kappa shape index (κ2) is 5.70. The van der Waals surface area contributed by atoms with E-state index in [9.17, 15) is 0 Å². The third-order valence-electron chi connectivity index (χ3n) is 2.31. The van der Waals surface area contributed by atoms with E-state index in [0.717, 1.165) is 18.1 Å². The zero-order valence-electron chi connectivity index (χ0n) is 11.1. The van der Waals surface area contributed by atoms with Gasteiger partial charge in [-0.25, -0.2) is 4.98 Å². The Bertz CT molecular complexity index is 399. The summed E-state index contributed by atoms with van der Waals surface area (Å²) in [5.74, 6) is 3.53. The largest absolute Gasteiger partial charge is 0.349 e. The van der Waals surface area contributed by atoms with Crippen molar-refractivity contribution in [3.8, 4) is 12.3 Å². The molecule has 0 saturated carbocycles. The van der Waals surface area contributed by atoms with Gasteiger partial charge in [-0.3, -0.25) is 0 Å². The summed E-state index contributed by atoms with van der Waals surface area (Å²) in [6.07, 6.45) is 5.29. The van der Waals surface area contributed by atoms with Crippen LogP contribution >= 0.6 is 0 Å². The van der Waals surface area contributed by atoms with Crippen LogP contribution in [0.4, 0.5) is 5.82 Å². The summed E-state index contributed by atoms with van der Waals surface area (Å²) in [6.45, 7) is 7.76. The fourth-order valence-electron chi connectivity index (χ4n) is 1.35. The number of hydrogen-bond donors (Lipinski definition) is 1. The maximum Gasteiger partial charge on any atom is 0.129 e. The van der Waals surface area contributed by atoms with Gasteiger partial charge in [-0.2, -0.15) is 0 Å². The van der Waals surface area contributed by atoms with Crippen molar-refractivity contribution in [3.05, 3.63) is 23.9 Å². The molecule has 0 amide bonds. The number of terminal acetylenes is 1. The minimum absolute atomic E-state index is 0.0996. The van der Waals surface area contributed by atoms with Crippen molar-refractivity contribution < 1.29 is 0 Å². The molecule has 3 nitrogen and oxygen atoms in total. The lowest BCUT2D eigenvalue weighted by atomic mass is 10.1. The molecule has 1 aromatic rings. The summed E-state index contributed by atoms with van der Waals surface area (Å²) >= 11 is 0. The Balaban J connectivity index is 2.70. The molecule has 0 aliphatic rings. The van der Waals surface area contributed by atoms with Crippen molar-refractivity contribution in [3.63, 3.8) is 0 Å². The van der Waals surface area contributed by atoms with Gasteiger partial charge in [0.25, 0.3) is 0 Å². The molecule has 0 saturated heterocycles. The predicted octanol–water partition coefficient (Wildman–Crippen LogP) is 2.04. The van der Waals surface area contributed by atoms with Crippen molar-refractivity contribution in [2.75, 3.05) is 18.5 Å². The van der Waals surface area contributed by atoms with E-state index in [0.29, 0.717) is 6.54 Å². The van der Waals surface area contributed by atoms with E-state index in [-0.39, 0.29) is 5.54 Å². The topological polar surface area (TPSA) is 28.2 Å². The molecule has 1 rings (SSSR count). The molecule has 3 heteroatoms. The van der Waals surface area contributed by atoms with Crippen LogP contribution in [0.3, 0.4) is 0 Å². The molecule has 0 aliphatic carbocycles. The van der Waals surface area contributed by atoms with Crippen LogP contribution in [0.25, 0.3) is 0 Å². The maximum atomic E-state index is 5.29. The lowest BCUT2D eigenvalue weighted by molar-refractivity contribution is 0.421. The van der Waals surface area contributed by atoms with Gasteiger partial charge in [0.15, 0.2) is 0 Å². The Labute approximate surface area is 104 Å². The van der Waals surface area contributed by atoms with E-state index in [1.54, 1.807) is 0 Å². The Morgan fingerprint density at radius 2 is 2.12 bits per heavy atom. The second-order valence-corrected chi connectivity index (χ2v) is 5.15. The summed E-state index contributed by atoms with van der Waals surface area (Å²) in [5, 5.41) is 3.41. The quantitative estimate of drug-likeness (QED) is 0.804. The SMILES string of the molecule is C#CCN(C)c1cccc(CNC(C)(C)C)n1. The number of rotatable bonds is 4. The number of anilines is 1.